The molecule has 0 aromatic heterocycles. The van der Waals surface area contributed by atoms with Crippen molar-refractivity contribution < 1.29 is 13.9 Å². The second-order valence-electron chi connectivity index (χ2n) is 4.69. The third-order valence-corrected chi connectivity index (χ3v) is 3.37. The third-order valence-electron chi connectivity index (χ3n) is 3.37. The summed E-state index contributed by atoms with van der Waals surface area (Å²) in [5.41, 5.74) is 0.915. The lowest BCUT2D eigenvalue weighted by Crippen LogP contribution is -2.36. The number of benzene rings is 1. The summed E-state index contributed by atoms with van der Waals surface area (Å²) in [5.74, 6) is -0.0347. The zero-order valence-corrected chi connectivity index (χ0v) is 10.9. The maximum Gasteiger partial charge on any atom is 0.165 e. The fourth-order valence-electron chi connectivity index (χ4n) is 2.23. The average molecular weight is 253 g/mol. The Morgan fingerprint density at radius 1 is 1.56 bits per heavy atom. The first kappa shape index (κ1) is 13.3. The van der Waals surface area contributed by atoms with Crippen molar-refractivity contribution in [1.29, 1.82) is 0 Å². The highest BCUT2D eigenvalue weighted by Gasteiger charge is 2.21. The van der Waals surface area contributed by atoms with Gasteiger partial charge in [-0.2, -0.15) is 0 Å². The van der Waals surface area contributed by atoms with Crippen LogP contribution in [0.5, 0.6) is 5.75 Å². The van der Waals surface area contributed by atoms with E-state index in [1.54, 1.807) is 6.07 Å². The van der Waals surface area contributed by atoms with Crippen LogP contribution in [0.2, 0.25) is 0 Å². The van der Waals surface area contributed by atoms with E-state index in [1.807, 2.05) is 6.07 Å². The Morgan fingerprint density at radius 2 is 2.39 bits per heavy atom. The Hall–Kier alpha value is -1.13. The summed E-state index contributed by atoms with van der Waals surface area (Å²) >= 11 is 0. The number of halogens is 1. The second-order valence-corrected chi connectivity index (χ2v) is 4.69. The first-order valence-corrected chi connectivity index (χ1v) is 6.38. The largest absolute Gasteiger partial charge is 0.494 e. The molecular formula is C14H20FNO2. The van der Waals surface area contributed by atoms with E-state index in [2.05, 4.69) is 12.2 Å². The molecule has 1 N–H and O–H groups in total. The monoisotopic (exact) mass is 253 g/mol. The van der Waals surface area contributed by atoms with E-state index in [0.717, 1.165) is 25.0 Å². The van der Waals surface area contributed by atoms with E-state index in [-0.39, 0.29) is 23.7 Å². The van der Waals surface area contributed by atoms with Crippen LogP contribution in [0, 0.1) is 5.82 Å². The lowest BCUT2D eigenvalue weighted by atomic mass is 10.1. The highest BCUT2D eigenvalue weighted by Crippen LogP contribution is 2.19. The van der Waals surface area contributed by atoms with Gasteiger partial charge in [0, 0.05) is 19.2 Å². The Labute approximate surface area is 107 Å². The molecule has 0 bridgehead atoms. The molecule has 0 saturated carbocycles. The number of hydrogen-bond acceptors (Lipinski definition) is 3. The van der Waals surface area contributed by atoms with Gasteiger partial charge >= 0.3 is 0 Å². The van der Waals surface area contributed by atoms with Crippen molar-refractivity contribution in [2.24, 2.45) is 0 Å². The summed E-state index contributed by atoms with van der Waals surface area (Å²) in [7, 11) is 1.47. The predicted octanol–water partition coefficient (Wildman–Crippen LogP) is 2.49. The van der Waals surface area contributed by atoms with Crippen molar-refractivity contribution in [1.82, 2.24) is 5.32 Å². The van der Waals surface area contributed by atoms with Crippen LogP contribution in [0.4, 0.5) is 4.39 Å². The van der Waals surface area contributed by atoms with Gasteiger partial charge in [-0.3, -0.25) is 0 Å². The molecule has 0 amide bonds. The van der Waals surface area contributed by atoms with Gasteiger partial charge in [0.05, 0.1) is 13.2 Å². The predicted molar refractivity (Wildman–Crippen MR) is 68.2 cm³/mol. The van der Waals surface area contributed by atoms with Crippen LogP contribution in [-0.2, 0) is 11.3 Å². The van der Waals surface area contributed by atoms with E-state index in [9.17, 15) is 4.39 Å². The van der Waals surface area contributed by atoms with Gasteiger partial charge in [0.2, 0.25) is 0 Å². The van der Waals surface area contributed by atoms with Gasteiger partial charge in [0.25, 0.3) is 0 Å². The number of methoxy groups -OCH3 is 1. The Bertz CT molecular complexity index is 391. The van der Waals surface area contributed by atoms with E-state index in [0.29, 0.717) is 6.54 Å². The fraction of sp³-hybridized carbons (Fsp3) is 0.571. The average Bonchev–Trinajstić information content (AvgIpc) is 2.90. The Balaban J connectivity index is 1.87. The van der Waals surface area contributed by atoms with E-state index in [1.165, 1.54) is 13.2 Å². The molecule has 1 saturated heterocycles. The fourth-order valence-corrected chi connectivity index (χ4v) is 2.23. The summed E-state index contributed by atoms with van der Waals surface area (Å²) in [4.78, 5) is 0. The second kappa shape index (κ2) is 6.16. The van der Waals surface area contributed by atoms with Gasteiger partial charge in [-0.05, 0) is 37.5 Å². The van der Waals surface area contributed by atoms with E-state index in [4.69, 9.17) is 9.47 Å². The van der Waals surface area contributed by atoms with Gasteiger partial charge in [-0.1, -0.05) is 6.07 Å². The quantitative estimate of drug-likeness (QED) is 0.874. The van der Waals surface area contributed by atoms with Crippen molar-refractivity contribution >= 4 is 0 Å². The van der Waals surface area contributed by atoms with Crippen LogP contribution in [0.15, 0.2) is 18.2 Å². The number of hydrogen-bond donors (Lipinski definition) is 1. The van der Waals surface area contributed by atoms with Crippen LogP contribution in [0.1, 0.15) is 25.3 Å². The molecule has 100 valence electrons. The molecule has 1 aliphatic heterocycles. The van der Waals surface area contributed by atoms with Crippen molar-refractivity contribution in [3.63, 3.8) is 0 Å². The van der Waals surface area contributed by atoms with Gasteiger partial charge in [-0.15, -0.1) is 0 Å². The number of ether oxygens (including phenoxy) is 2. The zero-order chi connectivity index (χ0) is 13.0. The van der Waals surface area contributed by atoms with Crippen LogP contribution in [-0.4, -0.2) is 25.9 Å². The standard InChI is InChI=1S/C14H20FNO2/c1-10(13-4-3-7-18-13)16-9-11-5-6-14(17-2)12(15)8-11/h5-6,8,10,13,16H,3-4,7,9H2,1-2H3/t10-,13+/m0/s1. The molecule has 1 aliphatic rings. The molecule has 1 fully saturated rings. The number of nitrogens with one attached hydrogen (secondary N) is 1. The van der Waals surface area contributed by atoms with Crippen LogP contribution >= 0.6 is 0 Å². The maximum absolute atomic E-state index is 13.5. The minimum Gasteiger partial charge on any atom is -0.494 e. The molecule has 18 heavy (non-hydrogen) atoms. The Morgan fingerprint density at radius 3 is 3.00 bits per heavy atom. The van der Waals surface area contributed by atoms with Crippen molar-refractivity contribution in [3.8, 4) is 5.75 Å². The normalized spacial score (nSPS) is 20.9. The number of rotatable bonds is 5. The molecule has 2 atom stereocenters. The molecule has 0 unspecified atom stereocenters. The van der Waals surface area contributed by atoms with Gasteiger partial charge in [-0.25, -0.2) is 4.39 Å². The van der Waals surface area contributed by atoms with Gasteiger partial charge in [0.1, 0.15) is 0 Å². The maximum atomic E-state index is 13.5. The SMILES string of the molecule is COc1ccc(CN[C@@H](C)[C@H]2CCCO2)cc1F. The van der Waals surface area contributed by atoms with Crippen molar-refractivity contribution in [3.05, 3.63) is 29.6 Å². The van der Waals surface area contributed by atoms with Crippen LogP contribution < -0.4 is 10.1 Å². The lowest BCUT2D eigenvalue weighted by Gasteiger charge is -2.20. The summed E-state index contributed by atoms with van der Waals surface area (Å²) in [6, 6.07) is 5.33. The molecule has 3 nitrogen and oxygen atoms in total. The van der Waals surface area contributed by atoms with Crippen LogP contribution in [0.3, 0.4) is 0 Å². The van der Waals surface area contributed by atoms with Crippen molar-refractivity contribution in [2.45, 2.75) is 38.5 Å². The summed E-state index contributed by atoms with van der Waals surface area (Å²) in [6.45, 7) is 3.60. The molecule has 4 heteroatoms. The third kappa shape index (κ3) is 3.21. The first-order chi connectivity index (χ1) is 8.70. The molecule has 0 radical (unpaired) electrons. The smallest absolute Gasteiger partial charge is 0.165 e. The molecule has 0 aliphatic carbocycles. The minimum absolute atomic E-state index is 0.283. The minimum atomic E-state index is -0.318. The van der Waals surface area contributed by atoms with E-state index >= 15 is 0 Å². The Kier molecular flexibility index (Phi) is 4.55. The zero-order valence-electron chi connectivity index (χ0n) is 10.9. The first-order valence-electron chi connectivity index (χ1n) is 6.38. The molecular weight excluding hydrogens is 233 g/mol. The summed E-state index contributed by atoms with van der Waals surface area (Å²) < 4.78 is 24.0. The summed E-state index contributed by atoms with van der Waals surface area (Å²) in [5, 5.41) is 3.37. The molecule has 1 aromatic carbocycles. The van der Waals surface area contributed by atoms with Gasteiger partial charge in [0.15, 0.2) is 11.6 Å². The van der Waals surface area contributed by atoms with Gasteiger partial charge < -0.3 is 14.8 Å². The molecule has 0 spiro atoms. The van der Waals surface area contributed by atoms with Crippen LogP contribution in [0.25, 0.3) is 0 Å². The lowest BCUT2D eigenvalue weighted by molar-refractivity contribution is 0.0832. The molecule has 2 rings (SSSR count). The highest BCUT2D eigenvalue weighted by molar-refractivity contribution is 5.29. The van der Waals surface area contributed by atoms with E-state index < -0.39 is 0 Å². The highest BCUT2D eigenvalue weighted by atomic mass is 19.1. The summed E-state index contributed by atoms with van der Waals surface area (Å²) in [6.07, 6.45) is 2.52. The molecule has 1 heterocycles. The van der Waals surface area contributed by atoms with Crippen molar-refractivity contribution in [2.75, 3.05) is 13.7 Å². The topological polar surface area (TPSA) is 30.5 Å². The molecule has 1 aromatic rings.